The molecule has 2 atom stereocenters. The summed E-state index contributed by atoms with van der Waals surface area (Å²) in [6.07, 6.45) is 1.61. The topological polar surface area (TPSA) is 67.4 Å². The molecular weight excluding hydrogens is 344 g/mol. The molecule has 2 unspecified atom stereocenters. The fourth-order valence-electron chi connectivity index (χ4n) is 2.34. The summed E-state index contributed by atoms with van der Waals surface area (Å²) < 4.78 is 33.2. The SMILES string of the molecule is COc1ccc(S(=O)(=O)NC2CCNC(C)C2)cc1Br. The van der Waals surface area contributed by atoms with Crippen LogP contribution in [-0.2, 0) is 10.0 Å². The van der Waals surface area contributed by atoms with E-state index >= 15 is 0 Å². The normalized spacial score (nSPS) is 23.6. The second-order valence-electron chi connectivity index (χ2n) is 4.99. The van der Waals surface area contributed by atoms with E-state index in [-0.39, 0.29) is 10.9 Å². The first-order valence-corrected chi connectivity index (χ1v) is 8.79. The second kappa shape index (κ2) is 6.43. The van der Waals surface area contributed by atoms with Crippen LogP contribution >= 0.6 is 15.9 Å². The van der Waals surface area contributed by atoms with Crippen molar-refractivity contribution in [2.45, 2.75) is 36.7 Å². The van der Waals surface area contributed by atoms with E-state index in [0.717, 1.165) is 19.4 Å². The molecule has 0 saturated carbocycles. The molecule has 7 heteroatoms. The Hall–Kier alpha value is -0.630. The lowest BCUT2D eigenvalue weighted by Crippen LogP contribution is -2.46. The fourth-order valence-corrected chi connectivity index (χ4v) is 4.34. The lowest BCUT2D eigenvalue weighted by Gasteiger charge is -2.28. The van der Waals surface area contributed by atoms with Crippen LogP contribution in [0.3, 0.4) is 0 Å². The van der Waals surface area contributed by atoms with Crippen LogP contribution in [0.2, 0.25) is 0 Å². The van der Waals surface area contributed by atoms with Gasteiger partial charge in [-0.1, -0.05) is 0 Å². The number of sulfonamides is 1. The van der Waals surface area contributed by atoms with Crippen LogP contribution in [-0.4, -0.2) is 34.2 Å². The lowest BCUT2D eigenvalue weighted by molar-refractivity contribution is 0.361. The quantitative estimate of drug-likeness (QED) is 0.857. The van der Waals surface area contributed by atoms with Crippen molar-refractivity contribution >= 4 is 26.0 Å². The van der Waals surface area contributed by atoms with E-state index in [1.165, 1.54) is 0 Å². The highest BCUT2D eigenvalue weighted by molar-refractivity contribution is 9.10. The maximum absolute atomic E-state index is 12.4. The van der Waals surface area contributed by atoms with Gasteiger partial charge < -0.3 is 10.1 Å². The molecule has 1 aromatic rings. The van der Waals surface area contributed by atoms with E-state index < -0.39 is 10.0 Å². The highest BCUT2D eigenvalue weighted by atomic mass is 79.9. The smallest absolute Gasteiger partial charge is 0.240 e. The summed E-state index contributed by atoms with van der Waals surface area (Å²) in [5.41, 5.74) is 0. The molecule has 1 saturated heterocycles. The standard InChI is InChI=1S/C13H19BrN2O3S/c1-9-7-10(5-6-15-9)16-20(17,18)11-3-4-13(19-2)12(14)8-11/h3-4,8-10,15-16H,5-7H2,1-2H3. The van der Waals surface area contributed by atoms with Gasteiger partial charge in [0.25, 0.3) is 0 Å². The van der Waals surface area contributed by atoms with Crippen LogP contribution in [0.15, 0.2) is 27.6 Å². The van der Waals surface area contributed by atoms with Crippen molar-refractivity contribution in [2.75, 3.05) is 13.7 Å². The number of nitrogens with one attached hydrogen (secondary N) is 2. The van der Waals surface area contributed by atoms with Gasteiger partial charge in [-0.05, 0) is 60.4 Å². The lowest BCUT2D eigenvalue weighted by atomic mass is 10.0. The zero-order valence-electron chi connectivity index (χ0n) is 11.5. The zero-order valence-corrected chi connectivity index (χ0v) is 13.9. The number of ether oxygens (including phenoxy) is 1. The summed E-state index contributed by atoms with van der Waals surface area (Å²) in [6.45, 7) is 2.89. The molecule has 112 valence electrons. The summed E-state index contributed by atoms with van der Waals surface area (Å²) in [5.74, 6) is 0.611. The first kappa shape index (κ1) is 15.8. The van der Waals surface area contributed by atoms with Crippen LogP contribution < -0.4 is 14.8 Å². The van der Waals surface area contributed by atoms with Crippen LogP contribution in [0.5, 0.6) is 5.75 Å². The minimum absolute atomic E-state index is 0.0165. The zero-order chi connectivity index (χ0) is 14.8. The molecule has 0 radical (unpaired) electrons. The third-order valence-corrected chi connectivity index (χ3v) is 5.52. The predicted octanol–water partition coefficient (Wildman–Crippen LogP) is 1.88. The van der Waals surface area contributed by atoms with Gasteiger partial charge in [0.2, 0.25) is 10.0 Å². The Bertz CT molecular complexity index is 577. The molecule has 1 fully saturated rings. The van der Waals surface area contributed by atoms with Crippen LogP contribution in [0.1, 0.15) is 19.8 Å². The minimum Gasteiger partial charge on any atom is -0.496 e. The van der Waals surface area contributed by atoms with Gasteiger partial charge in [-0.3, -0.25) is 0 Å². The van der Waals surface area contributed by atoms with Gasteiger partial charge in [0.1, 0.15) is 5.75 Å². The van der Waals surface area contributed by atoms with Crippen molar-refractivity contribution in [1.82, 2.24) is 10.0 Å². The Balaban J connectivity index is 2.15. The van der Waals surface area contributed by atoms with Crippen molar-refractivity contribution in [3.63, 3.8) is 0 Å². The first-order chi connectivity index (χ1) is 9.42. The van der Waals surface area contributed by atoms with Gasteiger partial charge in [0.05, 0.1) is 16.5 Å². The van der Waals surface area contributed by atoms with Crippen molar-refractivity contribution < 1.29 is 13.2 Å². The second-order valence-corrected chi connectivity index (χ2v) is 7.56. The molecule has 20 heavy (non-hydrogen) atoms. The number of piperidine rings is 1. The van der Waals surface area contributed by atoms with Gasteiger partial charge in [-0.15, -0.1) is 0 Å². The van der Waals surface area contributed by atoms with Crippen LogP contribution in [0.25, 0.3) is 0 Å². The summed E-state index contributed by atoms with van der Waals surface area (Å²) in [6, 6.07) is 5.07. The highest BCUT2D eigenvalue weighted by Crippen LogP contribution is 2.27. The average molecular weight is 363 g/mol. The Morgan fingerprint density at radius 1 is 1.45 bits per heavy atom. The molecule has 1 aromatic carbocycles. The Labute approximate surface area is 128 Å². The highest BCUT2D eigenvalue weighted by Gasteiger charge is 2.24. The molecule has 1 aliphatic heterocycles. The minimum atomic E-state index is -3.49. The maximum atomic E-state index is 12.4. The van der Waals surface area contributed by atoms with E-state index in [9.17, 15) is 8.42 Å². The van der Waals surface area contributed by atoms with E-state index in [2.05, 4.69) is 32.9 Å². The monoisotopic (exact) mass is 362 g/mol. The fraction of sp³-hybridized carbons (Fsp3) is 0.538. The maximum Gasteiger partial charge on any atom is 0.240 e. The molecule has 0 bridgehead atoms. The summed E-state index contributed by atoms with van der Waals surface area (Å²) in [7, 11) is -1.95. The van der Waals surface area contributed by atoms with Crippen molar-refractivity contribution in [3.8, 4) is 5.75 Å². The summed E-state index contributed by atoms with van der Waals surface area (Å²) in [5, 5.41) is 3.30. The summed E-state index contributed by atoms with van der Waals surface area (Å²) in [4.78, 5) is 0.247. The molecule has 0 aromatic heterocycles. The van der Waals surface area contributed by atoms with E-state index in [0.29, 0.717) is 16.3 Å². The molecule has 2 rings (SSSR count). The number of benzene rings is 1. The average Bonchev–Trinajstić information content (AvgIpc) is 2.38. The molecule has 1 heterocycles. The summed E-state index contributed by atoms with van der Waals surface area (Å²) >= 11 is 3.31. The van der Waals surface area contributed by atoms with Gasteiger partial charge in [0, 0.05) is 12.1 Å². The Morgan fingerprint density at radius 3 is 2.80 bits per heavy atom. The van der Waals surface area contributed by atoms with Gasteiger partial charge in [-0.2, -0.15) is 0 Å². The molecule has 2 N–H and O–H groups in total. The number of rotatable bonds is 4. The third-order valence-electron chi connectivity index (χ3n) is 3.38. The number of methoxy groups -OCH3 is 1. The molecular formula is C13H19BrN2O3S. The Kier molecular flexibility index (Phi) is 5.06. The third kappa shape index (κ3) is 3.72. The van der Waals surface area contributed by atoms with E-state index in [1.807, 2.05) is 0 Å². The predicted molar refractivity (Wildman–Crippen MR) is 81.5 cm³/mol. The van der Waals surface area contributed by atoms with Crippen LogP contribution in [0, 0.1) is 0 Å². The van der Waals surface area contributed by atoms with E-state index in [4.69, 9.17) is 4.74 Å². The number of halogens is 1. The van der Waals surface area contributed by atoms with Crippen molar-refractivity contribution in [2.24, 2.45) is 0 Å². The molecule has 0 aliphatic carbocycles. The van der Waals surface area contributed by atoms with Crippen molar-refractivity contribution in [1.29, 1.82) is 0 Å². The molecule has 1 aliphatic rings. The molecule has 0 amide bonds. The van der Waals surface area contributed by atoms with Crippen LogP contribution in [0.4, 0.5) is 0 Å². The number of hydrogen-bond acceptors (Lipinski definition) is 4. The number of hydrogen-bond donors (Lipinski definition) is 2. The molecule has 0 spiro atoms. The van der Waals surface area contributed by atoms with Gasteiger partial charge in [0.15, 0.2) is 0 Å². The Morgan fingerprint density at radius 2 is 2.20 bits per heavy atom. The van der Waals surface area contributed by atoms with E-state index in [1.54, 1.807) is 25.3 Å². The largest absolute Gasteiger partial charge is 0.496 e. The first-order valence-electron chi connectivity index (χ1n) is 6.51. The molecule has 5 nitrogen and oxygen atoms in total. The van der Waals surface area contributed by atoms with Crippen molar-refractivity contribution in [3.05, 3.63) is 22.7 Å². The van der Waals surface area contributed by atoms with Gasteiger partial charge >= 0.3 is 0 Å². The van der Waals surface area contributed by atoms with Gasteiger partial charge in [-0.25, -0.2) is 13.1 Å².